The fourth-order valence-electron chi connectivity index (χ4n) is 1.70. The van der Waals surface area contributed by atoms with Crippen molar-refractivity contribution in [2.24, 2.45) is 5.92 Å². The number of aliphatic hydroxyl groups is 1. The van der Waals surface area contributed by atoms with E-state index in [9.17, 15) is 4.79 Å². The van der Waals surface area contributed by atoms with Gasteiger partial charge in [0.05, 0.1) is 7.11 Å². The van der Waals surface area contributed by atoms with Gasteiger partial charge in [0.25, 0.3) is 0 Å². The zero-order valence-electron chi connectivity index (χ0n) is 8.19. The molecule has 2 atom stereocenters. The molecule has 4 heteroatoms. The van der Waals surface area contributed by atoms with Crippen molar-refractivity contribution in [3.8, 4) is 0 Å². The lowest BCUT2D eigenvalue weighted by atomic mass is 9.95. The second-order valence-electron chi connectivity index (χ2n) is 3.60. The molecule has 1 aliphatic rings. The van der Waals surface area contributed by atoms with E-state index in [2.05, 4.69) is 4.74 Å². The van der Waals surface area contributed by atoms with Gasteiger partial charge in [-0.3, -0.25) is 0 Å². The number of nitrogens with zero attached hydrogens (tertiary/aromatic N) is 1. The molecule has 1 amide bonds. The van der Waals surface area contributed by atoms with Crippen LogP contribution in [0.25, 0.3) is 0 Å². The number of carbonyl (C=O) groups excluding carboxylic acids is 1. The summed E-state index contributed by atoms with van der Waals surface area (Å²) in [5, 5.41) is 8.97. The molecule has 1 saturated heterocycles. The molecule has 0 aliphatic carbocycles. The van der Waals surface area contributed by atoms with Crippen LogP contribution in [0.2, 0.25) is 0 Å². The molecule has 2 unspecified atom stereocenters. The molecule has 1 fully saturated rings. The third-order valence-electron chi connectivity index (χ3n) is 2.65. The number of carbonyl (C=O) groups is 1. The molecule has 4 nitrogen and oxygen atoms in total. The Morgan fingerprint density at radius 2 is 2.31 bits per heavy atom. The second-order valence-corrected chi connectivity index (χ2v) is 3.60. The maximum Gasteiger partial charge on any atom is 0.409 e. The Morgan fingerprint density at radius 1 is 1.62 bits per heavy atom. The first-order valence-electron chi connectivity index (χ1n) is 4.64. The van der Waals surface area contributed by atoms with Gasteiger partial charge >= 0.3 is 6.09 Å². The summed E-state index contributed by atoms with van der Waals surface area (Å²) in [5.74, 6) is 0.218. The lowest BCUT2D eigenvalue weighted by molar-refractivity contribution is 0.0629. The molecule has 0 aromatic rings. The fourth-order valence-corrected chi connectivity index (χ4v) is 1.70. The number of ether oxygens (including phenoxy) is 1. The summed E-state index contributed by atoms with van der Waals surface area (Å²) in [6.07, 6.45) is 1.65. The summed E-state index contributed by atoms with van der Waals surface area (Å²) >= 11 is 0. The van der Waals surface area contributed by atoms with Gasteiger partial charge in [0.1, 0.15) is 0 Å². The third kappa shape index (κ3) is 2.34. The van der Waals surface area contributed by atoms with Crippen LogP contribution in [0.5, 0.6) is 0 Å². The van der Waals surface area contributed by atoms with Gasteiger partial charge in [-0.25, -0.2) is 4.79 Å². The Bertz CT molecular complexity index is 184. The highest BCUT2D eigenvalue weighted by Crippen LogP contribution is 2.21. The highest BCUT2D eigenvalue weighted by Gasteiger charge is 2.28. The number of amides is 1. The first-order chi connectivity index (χ1) is 6.19. The van der Waals surface area contributed by atoms with Crippen LogP contribution in [-0.4, -0.2) is 42.4 Å². The van der Waals surface area contributed by atoms with Gasteiger partial charge in [0.2, 0.25) is 0 Å². The molecule has 0 aromatic carbocycles. The monoisotopic (exact) mass is 187 g/mol. The normalized spacial score (nSPS) is 28.7. The molecule has 76 valence electrons. The number of hydrogen-bond acceptors (Lipinski definition) is 3. The number of likely N-dealkylation sites (tertiary alicyclic amines) is 1. The van der Waals surface area contributed by atoms with Crippen molar-refractivity contribution in [2.75, 3.05) is 20.3 Å². The quantitative estimate of drug-likeness (QED) is 0.662. The predicted molar refractivity (Wildman–Crippen MR) is 48.4 cm³/mol. The van der Waals surface area contributed by atoms with E-state index in [1.807, 2.05) is 6.92 Å². The molecule has 1 heterocycles. The highest BCUT2D eigenvalue weighted by atomic mass is 16.5. The van der Waals surface area contributed by atoms with Crippen molar-refractivity contribution >= 4 is 6.09 Å². The van der Waals surface area contributed by atoms with E-state index < -0.39 is 0 Å². The summed E-state index contributed by atoms with van der Waals surface area (Å²) in [6, 6.07) is 0.232. The largest absolute Gasteiger partial charge is 0.453 e. The van der Waals surface area contributed by atoms with Crippen LogP contribution in [0, 0.1) is 5.92 Å². The molecule has 13 heavy (non-hydrogen) atoms. The Kier molecular flexibility index (Phi) is 3.54. The highest BCUT2D eigenvalue weighted by molar-refractivity contribution is 5.67. The van der Waals surface area contributed by atoms with E-state index in [0.717, 1.165) is 12.8 Å². The summed E-state index contributed by atoms with van der Waals surface area (Å²) in [6.45, 7) is 2.77. The van der Waals surface area contributed by atoms with Gasteiger partial charge in [-0.05, 0) is 25.7 Å². The van der Waals surface area contributed by atoms with Crippen LogP contribution >= 0.6 is 0 Å². The van der Waals surface area contributed by atoms with Crippen molar-refractivity contribution in [3.05, 3.63) is 0 Å². The lowest BCUT2D eigenvalue weighted by Crippen LogP contribution is -2.46. The summed E-state index contributed by atoms with van der Waals surface area (Å²) < 4.78 is 4.66. The van der Waals surface area contributed by atoms with E-state index in [4.69, 9.17) is 5.11 Å². The Balaban J connectivity index is 2.54. The SMILES string of the molecule is COC(=O)N1CC(CO)CCC1C. The molecule has 0 radical (unpaired) electrons. The number of hydrogen-bond donors (Lipinski definition) is 1. The third-order valence-corrected chi connectivity index (χ3v) is 2.65. The second kappa shape index (κ2) is 4.46. The van der Waals surface area contributed by atoms with Crippen LogP contribution in [0.4, 0.5) is 4.79 Å². The van der Waals surface area contributed by atoms with Gasteiger partial charge in [-0.2, -0.15) is 0 Å². The van der Waals surface area contributed by atoms with Gasteiger partial charge < -0.3 is 14.7 Å². The summed E-state index contributed by atoms with van der Waals surface area (Å²) in [4.78, 5) is 12.9. The Hall–Kier alpha value is -0.770. The summed E-state index contributed by atoms with van der Waals surface area (Å²) in [7, 11) is 1.39. The maximum atomic E-state index is 11.3. The van der Waals surface area contributed by atoms with Gasteiger partial charge in [0.15, 0.2) is 0 Å². The molecular weight excluding hydrogens is 170 g/mol. The Labute approximate surface area is 78.5 Å². The number of methoxy groups -OCH3 is 1. The van der Waals surface area contributed by atoms with E-state index >= 15 is 0 Å². The molecule has 0 saturated carbocycles. The van der Waals surface area contributed by atoms with Crippen molar-refractivity contribution in [1.82, 2.24) is 4.90 Å². The predicted octanol–water partition coefficient (Wildman–Crippen LogP) is 0.846. The Morgan fingerprint density at radius 3 is 2.85 bits per heavy atom. The minimum Gasteiger partial charge on any atom is -0.453 e. The smallest absolute Gasteiger partial charge is 0.409 e. The van der Waals surface area contributed by atoms with Gasteiger partial charge in [-0.1, -0.05) is 0 Å². The maximum absolute atomic E-state index is 11.3. The van der Waals surface area contributed by atoms with Crippen LogP contribution in [-0.2, 0) is 4.74 Å². The van der Waals surface area contributed by atoms with Crippen LogP contribution < -0.4 is 0 Å². The molecular formula is C9H17NO3. The van der Waals surface area contributed by atoms with Crippen LogP contribution in [0.3, 0.4) is 0 Å². The number of piperidine rings is 1. The van der Waals surface area contributed by atoms with E-state index in [1.54, 1.807) is 4.90 Å². The first kappa shape index (κ1) is 10.3. The van der Waals surface area contributed by atoms with Crippen molar-refractivity contribution < 1.29 is 14.6 Å². The van der Waals surface area contributed by atoms with Gasteiger partial charge in [0, 0.05) is 19.2 Å². The number of rotatable bonds is 1. The van der Waals surface area contributed by atoms with Crippen molar-refractivity contribution in [3.63, 3.8) is 0 Å². The minimum absolute atomic E-state index is 0.153. The zero-order valence-corrected chi connectivity index (χ0v) is 8.19. The van der Waals surface area contributed by atoms with E-state index in [1.165, 1.54) is 7.11 Å². The summed E-state index contributed by atoms with van der Waals surface area (Å²) in [5.41, 5.74) is 0. The first-order valence-corrected chi connectivity index (χ1v) is 4.64. The minimum atomic E-state index is -0.286. The van der Waals surface area contributed by atoms with Crippen molar-refractivity contribution in [2.45, 2.75) is 25.8 Å². The average Bonchev–Trinajstić information content (AvgIpc) is 2.17. The van der Waals surface area contributed by atoms with Crippen LogP contribution in [0.1, 0.15) is 19.8 Å². The molecule has 1 N–H and O–H groups in total. The van der Waals surface area contributed by atoms with E-state index in [-0.39, 0.29) is 24.7 Å². The molecule has 1 rings (SSSR count). The fraction of sp³-hybridized carbons (Fsp3) is 0.889. The van der Waals surface area contributed by atoms with Crippen molar-refractivity contribution in [1.29, 1.82) is 0 Å². The van der Waals surface area contributed by atoms with Gasteiger partial charge in [-0.15, -0.1) is 0 Å². The molecule has 0 bridgehead atoms. The molecule has 0 spiro atoms. The molecule has 0 aromatic heterocycles. The lowest BCUT2D eigenvalue weighted by Gasteiger charge is -2.36. The number of aliphatic hydroxyl groups excluding tert-OH is 1. The van der Waals surface area contributed by atoms with Crippen LogP contribution in [0.15, 0.2) is 0 Å². The van der Waals surface area contributed by atoms with E-state index in [0.29, 0.717) is 6.54 Å². The molecule has 1 aliphatic heterocycles. The standard InChI is InChI=1S/C9H17NO3/c1-7-3-4-8(6-11)5-10(7)9(12)13-2/h7-8,11H,3-6H2,1-2H3. The average molecular weight is 187 g/mol. The zero-order chi connectivity index (χ0) is 9.84. The topological polar surface area (TPSA) is 49.8 Å².